The minimum absolute atomic E-state index is 0.188. The number of hydrogen-bond donors (Lipinski definition) is 2. The number of terminal acetylenes is 1. The Morgan fingerprint density at radius 2 is 2.00 bits per heavy atom. The van der Waals surface area contributed by atoms with Crippen LogP contribution in [0.1, 0.15) is 18.4 Å². The molecule has 170 valence electrons. The van der Waals surface area contributed by atoms with Gasteiger partial charge >= 0.3 is 0 Å². The molecule has 1 amide bonds. The van der Waals surface area contributed by atoms with Gasteiger partial charge in [-0.05, 0) is 23.8 Å². The zero-order chi connectivity index (χ0) is 23.3. The summed E-state index contributed by atoms with van der Waals surface area (Å²) in [6, 6.07) is 19.2. The summed E-state index contributed by atoms with van der Waals surface area (Å²) in [5.41, 5.74) is 2.26. The highest BCUT2D eigenvalue weighted by atomic mass is 16.5. The predicted molar refractivity (Wildman–Crippen MR) is 127 cm³/mol. The highest BCUT2D eigenvalue weighted by Crippen LogP contribution is 2.36. The highest BCUT2D eigenvalue weighted by molar-refractivity contribution is 5.91. The van der Waals surface area contributed by atoms with E-state index in [0.29, 0.717) is 38.3 Å². The second-order valence-corrected chi connectivity index (χ2v) is 8.15. The van der Waals surface area contributed by atoms with Gasteiger partial charge in [-0.2, -0.15) is 5.10 Å². The van der Waals surface area contributed by atoms with Gasteiger partial charge in [-0.15, -0.1) is 6.42 Å². The number of carbonyl (C=O) groups is 1. The number of carbonyl (C=O) groups excluding carboxylic acids is 1. The minimum atomic E-state index is -1.29. The molecule has 1 unspecified atom stereocenters. The third kappa shape index (κ3) is 4.77. The Balaban J connectivity index is 1.71. The van der Waals surface area contributed by atoms with Crippen LogP contribution >= 0.6 is 0 Å². The average molecular weight is 445 g/mol. The average Bonchev–Trinajstić information content (AvgIpc) is 3.30. The van der Waals surface area contributed by atoms with Crippen LogP contribution in [0.2, 0.25) is 0 Å². The summed E-state index contributed by atoms with van der Waals surface area (Å²) in [7, 11) is 1.86. The minimum Gasteiger partial charge on any atom is -0.381 e. The van der Waals surface area contributed by atoms with Gasteiger partial charge < -0.3 is 20.1 Å². The van der Waals surface area contributed by atoms with Crippen molar-refractivity contribution in [1.82, 2.24) is 15.1 Å². The maximum absolute atomic E-state index is 13.7. The van der Waals surface area contributed by atoms with E-state index in [1.807, 2.05) is 73.9 Å². The second kappa shape index (κ2) is 9.90. The molecule has 2 heterocycles. The third-order valence-corrected chi connectivity index (χ3v) is 6.03. The van der Waals surface area contributed by atoms with E-state index in [4.69, 9.17) is 11.2 Å². The maximum atomic E-state index is 13.7. The smallest absolute Gasteiger partial charge is 0.246 e. The molecule has 0 saturated carbocycles. The molecule has 1 aliphatic heterocycles. The van der Waals surface area contributed by atoms with Gasteiger partial charge in [0.15, 0.2) is 6.23 Å². The predicted octanol–water partition coefficient (Wildman–Crippen LogP) is 2.71. The molecule has 7 heteroatoms. The van der Waals surface area contributed by atoms with E-state index in [2.05, 4.69) is 16.3 Å². The number of hydrogen-bond acceptors (Lipinski definition) is 5. The summed E-state index contributed by atoms with van der Waals surface area (Å²) < 4.78 is 7.31. The van der Waals surface area contributed by atoms with Crippen molar-refractivity contribution in [2.24, 2.45) is 7.05 Å². The quantitative estimate of drug-likeness (QED) is 0.433. The molecule has 3 aromatic rings. The molecule has 1 saturated heterocycles. The summed E-state index contributed by atoms with van der Waals surface area (Å²) in [6.07, 6.45) is 7.06. The Labute approximate surface area is 194 Å². The van der Waals surface area contributed by atoms with Crippen LogP contribution in [-0.2, 0) is 23.1 Å². The monoisotopic (exact) mass is 444 g/mol. The zero-order valence-corrected chi connectivity index (χ0v) is 18.6. The van der Waals surface area contributed by atoms with Crippen LogP contribution in [-0.4, -0.2) is 45.8 Å². The number of nitrogens with one attached hydrogen (secondary N) is 1. The molecule has 4 rings (SSSR count). The highest BCUT2D eigenvalue weighted by Gasteiger charge is 2.47. The molecular formula is C26H28N4O3. The van der Waals surface area contributed by atoms with Gasteiger partial charge in [-0.3, -0.25) is 9.48 Å². The molecule has 0 aliphatic carbocycles. The van der Waals surface area contributed by atoms with Gasteiger partial charge in [0.05, 0.1) is 5.69 Å². The summed E-state index contributed by atoms with van der Waals surface area (Å²) in [6.45, 7) is 1.18. The summed E-state index contributed by atoms with van der Waals surface area (Å²) >= 11 is 0. The molecule has 7 nitrogen and oxygen atoms in total. The molecule has 1 atom stereocenters. The number of nitrogens with zero attached hydrogens (tertiary/aromatic N) is 3. The van der Waals surface area contributed by atoms with Crippen LogP contribution in [0.5, 0.6) is 0 Å². The van der Waals surface area contributed by atoms with Crippen molar-refractivity contribution >= 4 is 11.6 Å². The number of anilines is 1. The van der Waals surface area contributed by atoms with Crippen molar-refractivity contribution in [1.29, 1.82) is 0 Å². The first-order valence-corrected chi connectivity index (χ1v) is 11.0. The summed E-state index contributed by atoms with van der Waals surface area (Å²) in [5.74, 6) is 2.23. The molecule has 2 aromatic carbocycles. The van der Waals surface area contributed by atoms with Gasteiger partial charge in [0, 0.05) is 57.1 Å². The van der Waals surface area contributed by atoms with Crippen molar-refractivity contribution in [2.45, 2.75) is 31.2 Å². The van der Waals surface area contributed by atoms with Crippen LogP contribution in [0.25, 0.3) is 11.3 Å². The molecule has 0 bridgehead atoms. The van der Waals surface area contributed by atoms with Gasteiger partial charge in [0.25, 0.3) is 0 Å². The Morgan fingerprint density at radius 3 is 2.67 bits per heavy atom. The lowest BCUT2D eigenvalue weighted by atomic mass is 9.85. The Hall–Kier alpha value is -3.60. The Bertz CT molecular complexity index is 1130. The van der Waals surface area contributed by atoms with E-state index in [1.54, 1.807) is 9.58 Å². The van der Waals surface area contributed by atoms with Crippen LogP contribution < -0.4 is 10.2 Å². The first kappa shape index (κ1) is 22.6. The fraction of sp³-hybridized carbons (Fsp3) is 0.308. The second-order valence-electron chi connectivity index (χ2n) is 8.15. The van der Waals surface area contributed by atoms with Crippen LogP contribution in [0, 0.1) is 12.3 Å². The first-order valence-electron chi connectivity index (χ1n) is 11.0. The topological polar surface area (TPSA) is 79.6 Å². The molecule has 2 N–H and O–H groups in total. The number of aliphatic hydroxyl groups is 1. The van der Waals surface area contributed by atoms with Crippen molar-refractivity contribution in [3.05, 3.63) is 72.4 Å². The van der Waals surface area contributed by atoms with Crippen LogP contribution in [0.15, 0.2) is 66.9 Å². The molecular weight excluding hydrogens is 416 g/mol. The number of aliphatic hydroxyl groups excluding tert-OH is 1. The lowest BCUT2D eigenvalue weighted by Crippen LogP contribution is -2.64. The van der Waals surface area contributed by atoms with E-state index >= 15 is 0 Å². The molecule has 0 spiro atoms. The first-order chi connectivity index (χ1) is 16.0. The van der Waals surface area contributed by atoms with Gasteiger partial charge in [-0.25, -0.2) is 0 Å². The molecule has 1 aromatic heterocycles. The number of amides is 1. The zero-order valence-electron chi connectivity index (χ0n) is 18.6. The van der Waals surface area contributed by atoms with Crippen LogP contribution in [0.4, 0.5) is 5.69 Å². The molecule has 33 heavy (non-hydrogen) atoms. The van der Waals surface area contributed by atoms with E-state index in [9.17, 15) is 9.90 Å². The van der Waals surface area contributed by atoms with Crippen molar-refractivity contribution in [2.75, 3.05) is 18.1 Å². The van der Waals surface area contributed by atoms with Gasteiger partial charge in [0.2, 0.25) is 5.91 Å². The molecule has 1 aliphatic rings. The Kier molecular flexibility index (Phi) is 6.78. The fourth-order valence-electron chi connectivity index (χ4n) is 4.31. The van der Waals surface area contributed by atoms with Gasteiger partial charge in [-0.1, -0.05) is 48.4 Å². The summed E-state index contributed by atoms with van der Waals surface area (Å²) in [4.78, 5) is 15.3. The number of aromatic nitrogens is 2. The molecule has 0 radical (unpaired) electrons. The number of rotatable bonds is 7. The van der Waals surface area contributed by atoms with Gasteiger partial charge in [0.1, 0.15) is 5.54 Å². The number of ether oxygens (including phenoxy) is 1. The van der Waals surface area contributed by atoms with Crippen molar-refractivity contribution in [3.63, 3.8) is 0 Å². The van der Waals surface area contributed by atoms with E-state index in [-0.39, 0.29) is 5.91 Å². The standard InChI is InChI=1S/C26H28N4O3/c1-3-24(31)30(22-11-7-10-21(18-22)23-12-15-29(2)28-23)26(13-16-33-17-14-26)25(32)27-19-20-8-5-4-6-9-20/h1,4-12,15,18,24,31H,13-14,16-17,19H2,2H3,(H,27,32). The Morgan fingerprint density at radius 1 is 1.24 bits per heavy atom. The van der Waals surface area contributed by atoms with E-state index in [0.717, 1.165) is 16.8 Å². The normalized spacial score (nSPS) is 15.9. The SMILES string of the molecule is C#CC(O)N(c1cccc(-c2ccn(C)n2)c1)C1(C(=O)NCc2ccccc2)CCOCC1. The van der Waals surface area contributed by atoms with E-state index in [1.165, 1.54) is 0 Å². The fourth-order valence-corrected chi connectivity index (χ4v) is 4.31. The van der Waals surface area contributed by atoms with Crippen molar-refractivity contribution in [3.8, 4) is 23.6 Å². The van der Waals surface area contributed by atoms with E-state index < -0.39 is 11.8 Å². The largest absolute Gasteiger partial charge is 0.381 e. The lowest BCUT2D eigenvalue weighted by Gasteiger charge is -2.47. The third-order valence-electron chi connectivity index (χ3n) is 6.03. The lowest BCUT2D eigenvalue weighted by molar-refractivity contribution is -0.131. The molecule has 1 fully saturated rings. The number of aryl methyl sites for hydroxylation is 1. The number of benzene rings is 2. The maximum Gasteiger partial charge on any atom is 0.246 e. The summed E-state index contributed by atoms with van der Waals surface area (Å²) in [5, 5.41) is 18.5. The van der Waals surface area contributed by atoms with Crippen molar-refractivity contribution < 1.29 is 14.6 Å². The van der Waals surface area contributed by atoms with Crippen LogP contribution in [0.3, 0.4) is 0 Å².